The second-order valence-electron chi connectivity index (χ2n) is 13.2. The van der Waals surface area contributed by atoms with Gasteiger partial charge in [0.25, 0.3) is 0 Å². The maximum atomic E-state index is 12.4. The van der Waals surface area contributed by atoms with Gasteiger partial charge in [0.05, 0.1) is 12.7 Å². The third-order valence-corrected chi connectivity index (χ3v) is 11.1. The Bertz CT molecular complexity index is 909. The Morgan fingerprint density at radius 3 is 2.61 bits per heavy atom. The van der Waals surface area contributed by atoms with E-state index in [1.54, 1.807) is 0 Å². The molecule has 0 aromatic heterocycles. The molecule has 1 aliphatic heterocycles. The van der Waals surface area contributed by atoms with Crippen molar-refractivity contribution in [2.45, 2.75) is 104 Å². The molecule has 0 radical (unpaired) electrons. The van der Waals surface area contributed by atoms with Gasteiger partial charge in [0.15, 0.2) is 6.29 Å². The number of ether oxygens (including phenoxy) is 2. The summed E-state index contributed by atoms with van der Waals surface area (Å²) in [6.07, 6.45) is 5.03. The summed E-state index contributed by atoms with van der Waals surface area (Å²) < 4.78 is 11.8. The molecule has 36 heavy (non-hydrogen) atoms. The SMILES string of the molecule is C/C1=C2\C[C@H](OC3OC[C@@H](O)[C@H](O)[C@H]3O)[C@@H](C)[C@@H]2C/C=C(/C=O)[C@H]2C[C@@]3(C)CC[C@@H](C(C)C)[C@@H]3C[C@H]12. The smallest absolute Gasteiger partial charge is 0.186 e. The molecule has 0 aromatic carbocycles. The van der Waals surface area contributed by atoms with Crippen LogP contribution in [0.5, 0.6) is 0 Å². The molecule has 5 aliphatic rings. The first-order valence-corrected chi connectivity index (χ1v) is 14.2. The molecular weight excluding hydrogens is 456 g/mol. The van der Waals surface area contributed by atoms with Gasteiger partial charge < -0.3 is 24.8 Å². The Balaban J connectivity index is 1.43. The van der Waals surface area contributed by atoms with Crippen molar-refractivity contribution >= 4 is 6.29 Å². The molecule has 1 heterocycles. The summed E-state index contributed by atoms with van der Waals surface area (Å²) in [4.78, 5) is 12.4. The summed E-state index contributed by atoms with van der Waals surface area (Å²) in [6.45, 7) is 11.7. The third kappa shape index (κ3) is 4.35. The number of fused-ring (bicyclic) bond motifs is 3. The number of hydrogen-bond donors (Lipinski definition) is 3. The molecule has 5 rings (SSSR count). The van der Waals surface area contributed by atoms with Gasteiger partial charge in [-0.05, 0) is 97.9 Å². The summed E-state index contributed by atoms with van der Waals surface area (Å²) in [5.74, 6) is 3.30. The van der Waals surface area contributed by atoms with Crippen LogP contribution in [0.2, 0.25) is 0 Å². The van der Waals surface area contributed by atoms with Crippen LogP contribution in [0.25, 0.3) is 0 Å². The molecule has 4 aliphatic carbocycles. The van der Waals surface area contributed by atoms with E-state index in [0.717, 1.165) is 43.5 Å². The standard InChI is InChI=1S/C30H46O6/c1-15(2)19-8-9-30(5)12-23-18(13-31)6-7-20-17(4)26(11-22(20)16(3)21(23)10-24(19)30)36-29-28(34)27(33)25(32)14-35-29/h6,13,15,17,19-21,23-29,32-34H,7-12,14H2,1-5H3/b18-6-,22-16-/t17-,19-,20-,21+,23+,24-,25+,26-,27-,28+,29?,30+/m0/s1. The molecule has 6 nitrogen and oxygen atoms in total. The van der Waals surface area contributed by atoms with Crippen molar-refractivity contribution in [3.63, 3.8) is 0 Å². The molecule has 0 amide bonds. The minimum atomic E-state index is -1.28. The monoisotopic (exact) mass is 502 g/mol. The van der Waals surface area contributed by atoms with Crippen molar-refractivity contribution in [3.8, 4) is 0 Å². The number of rotatable bonds is 4. The summed E-state index contributed by atoms with van der Waals surface area (Å²) in [5, 5.41) is 30.4. The Kier molecular flexibility index (Phi) is 7.32. The molecule has 0 bridgehead atoms. The highest BCUT2D eigenvalue weighted by Gasteiger charge is 2.54. The van der Waals surface area contributed by atoms with E-state index in [2.05, 4.69) is 40.7 Å². The first-order valence-electron chi connectivity index (χ1n) is 14.2. The normalized spacial score (nSPS) is 52.6. The maximum absolute atomic E-state index is 12.4. The third-order valence-electron chi connectivity index (χ3n) is 11.1. The lowest BCUT2D eigenvalue weighted by Gasteiger charge is -2.49. The van der Waals surface area contributed by atoms with Gasteiger partial charge in [-0.2, -0.15) is 0 Å². The highest BCUT2D eigenvalue weighted by Crippen LogP contribution is 2.62. The molecule has 1 saturated heterocycles. The molecule has 0 aromatic rings. The molecule has 0 spiro atoms. The van der Waals surface area contributed by atoms with Crippen LogP contribution in [0.4, 0.5) is 0 Å². The molecule has 202 valence electrons. The van der Waals surface area contributed by atoms with Crippen LogP contribution in [0.3, 0.4) is 0 Å². The minimum Gasteiger partial charge on any atom is -0.388 e. The Morgan fingerprint density at radius 2 is 1.92 bits per heavy atom. The van der Waals surface area contributed by atoms with Crippen molar-refractivity contribution in [1.29, 1.82) is 0 Å². The zero-order valence-electron chi connectivity index (χ0n) is 22.6. The maximum Gasteiger partial charge on any atom is 0.186 e. The molecule has 1 unspecified atom stereocenters. The van der Waals surface area contributed by atoms with Crippen LogP contribution in [-0.2, 0) is 14.3 Å². The van der Waals surface area contributed by atoms with Gasteiger partial charge in [0.2, 0.25) is 0 Å². The zero-order valence-corrected chi connectivity index (χ0v) is 22.6. The number of allylic oxidation sites excluding steroid dienone is 3. The van der Waals surface area contributed by atoms with Gasteiger partial charge in [-0.15, -0.1) is 0 Å². The number of carbonyl (C=O) groups excluding carboxylic acids is 1. The largest absolute Gasteiger partial charge is 0.388 e. The van der Waals surface area contributed by atoms with Crippen LogP contribution >= 0.6 is 0 Å². The van der Waals surface area contributed by atoms with E-state index >= 15 is 0 Å². The molecular formula is C30H46O6. The van der Waals surface area contributed by atoms with Crippen molar-refractivity contribution in [3.05, 3.63) is 22.8 Å². The van der Waals surface area contributed by atoms with E-state index in [1.807, 2.05) is 0 Å². The lowest BCUT2D eigenvalue weighted by Crippen LogP contribution is -2.54. The second kappa shape index (κ2) is 9.92. The lowest BCUT2D eigenvalue weighted by molar-refractivity contribution is -0.285. The quantitative estimate of drug-likeness (QED) is 0.397. The van der Waals surface area contributed by atoms with Crippen molar-refractivity contribution in [2.75, 3.05) is 6.61 Å². The topological polar surface area (TPSA) is 96.2 Å². The van der Waals surface area contributed by atoms with E-state index in [1.165, 1.54) is 24.0 Å². The van der Waals surface area contributed by atoms with Gasteiger partial charge in [-0.3, -0.25) is 4.79 Å². The van der Waals surface area contributed by atoms with Crippen LogP contribution in [0.15, 0.2) is 22.8 Å². The van der Waals surface area contributed by atoms with E-state index in [0.29, 0.717) is 35.0 Å². The second-order valence-corrected chi connectivity index (χ2v) is 13.2. The zero-order chi connectivity index (χ0) is 25.9. The van der Waals surface area contributed by atoms with Gasteiger partial charge in [0.1, 0.15) is 24.6 Å². The Hall–Kier alpha value is -1.05. The van der Waals surface area contributed by atoms with Crippen molar-refractivity contribution in [2.24, 2.45) is 46.8 Å². The summed E-state index contributed by atoms with van der Waals surface area (Å²) in [6, 6.07) is 0. The highest BCUT2D eigenvalue weighted by molar-refractivity contribution is 5.74. The van der Waals surface area contributed by atoms with Crippen molar-refractivity contribution in [1.82, 2.24) is 0 Å². The number of aliphatic hydroxyl groups is 3. The van der Waals surface area contributed by atoms with Gasteiger partial charge >= 0.3 is 0 Å². The lowest BCUT2D eigenvalue weighted by atomic mass is 9.55. The first-order chi connectivity index (χ1) is 17.1. The summed E-state index contributed by atoms with van der Waals surface area (Å²) >= 11 is 0. The van der Waals surface area contributed by atoms with Crippen LogP contribution in [-0.4, -0.2) is 58.9 Å². The fourth-order valence-corrected chi connectivity index (χ4v) is 8.79. The van der Waals surface area contributed by atoms with Crippen LogP contribution in [0, 0.1) is 46.8 Å². The van der Waals surface area contributed by atoms with Gasteiger partial charge in [-0.1, -0.05) is 44.9 Å². The Labute approximate surface area is 216 Å². The van der Waals surface area contributed by atoms with E-state index in [9.17, 15) is 20.1 Å². The van der Waals surface area contributed by atoms with Crippen molar-refractivity contribution < 1.29 is 29.6 Å². The average Bonchev–Trinajstić information content (AvgIpc) is 3.34. The van der Waals surface area contributed by atoms with E-state index in [-0.39, 0.29) is 18.6 Å². The number of hydrogen-bond acceptors (Lipinski definition) is 6. The molecule has 3 N–H and O–H groups in total. The fourth-order valence-electron chi connectivity index (χ4n) is 8.79. The average molecular weight is 503 g/mol. The number of aliphatic hydroxyl groups excluding tert-OH is 3. The molecule has 4 fully saturated rings. The number of aldehydes is 1. The van der Waals surface area contributed by atoms with Crippen LogP contribution in [0.1, 0.15) is 73.1 Å². The van der Waals surface area contributed by atoms with Gasteiger partial charge in [-0.25, -0.2) is 0 Å². The predicted molar refractivity (Wildman–Crippen MR) is 137 cm³/mol. The predicted octanol–water partition coefficient (Wildman–Crippen LogP) is 4.03. The first kappa shape index (κ1) is 26.6. The summed E-state index contributed by atoms with van der Waals surface area (Å²) in [7, 11) is 0. The minimum absolute atomic E-state index is 0.0541. The van der Waals surface area contributed by atoms with E-state index < -0.39 is 24.6 Å². The highest BCUT2D eigenvalue weighted by atomic mass is 16.7. The van der Waals surface area contributed by atoms with Crippen LogP contribution < -0.4 is 0 Å². The molecule has 6 heteroatoms. The fraction of sp³-hybridized carbons (Fsp3) is 0.833. The number of carbonyl (C=O) groups is 1. The summed E-state index contributed by atoms with van der Waals surface area (Å²) in [5.41, 5.74) is 4.21. The molecule has 3 saturated carbocycles. The van der Waals surface area contributed by atoms with Gasteiger partial charge in [0, 0.05) is 0 Å². The molecule has 12 atom stereocenters. The Morgan fingerprint density at radius 1 is 1.17 bits per heavy atom. The van der Waals surface area contributed by atoms with E-state index in [4.69, 9.17) is 9.47 Å².